The van der Waals surface area contributed by atoms with Crippen molar-refractivity contribution in [3.63, 3.8) is 0 Å². The summed E-state index contributed by atoms with van der Waals surface area (Å²) in [7, 11) is -0.289. The Morgan fingerprint density at radius 1 is 0.857 bits per heavy atom. The number of hydrogen-bond donors (Lipinski definition) is 0. The van der Waals surface area contributed by atoms with Gasteiger partial charge in [0.25, 0.3) is 0 Å². The van der Waals surface area contributed by atoms with Crippen molar-refractivity contribution in [2.45, 2.75) is 45.4 Å². The average molecular weight is 440 g/mol. The maximum absolute atomic E-state index is 6.14. The minimum Gasteiger partial charge on any atom is -0.407 e. The largest absolute Gasteiger partial charge is 0.493 e. The van der Waals surface area contributed by atoms with Gasteiger partial charge in [-0.2, -0.15) is 0 Å². The van der Waals surface area contributed by atoms with Gasteiger partial charge in [-0.05, 0) is 35.1 Å². The van der Waals surface area contributed by atoms with Crippen LogP contribution in [0.1, 0.15) is 45.4 Å². The first-order valence-electron chi connectivity index (χ1n) is 10.1. The van der Waals surface area contributed by atoms with E-state index in [1.165, 1.54) is 38.5 Å². The highest BCUT2D eigenvalue weighted by Crippen LogP contribution is 2.34. The first kappa shape index (κ1) is 22.0. The monoisotopic (exact) mass is 438 g/mol. The molecule has 1 aliphatic heterocycles. The van der Waals surface area contributed by atoms with Crippen LogP contribution < -0.4 is 5.46 Å². The van der Waals surface area contributed by atoms with Gasteiger partial charge in [-0.3, -0.25) is 0 Å². The molecule has 1 heterocycles. The molecule has 1 fully saturated rings. The van der Waals surface area contributed by atoms with Crippen molar-refractivity contribution in [3.05, 3.63) is 51.5 Å². The van der Waals surface area contributed by atoms with E-state index in [-0.39, 0.29) is 7.12 Å². The number of hydrogen-bond acceptors (Lipinski definition) is 2. The van der Waals surface area contributed by atoms with Gasteiger partial charge in [0.2, 0.25) is 0 Å². The van der Waals surface area contributed by atoms with Crippen molar-refractivity contribution in [1.82, 2.24) is 0 Å². The smallest absolute Gasteiger partial charge is 0.407 e. The molecule has 0 N–H and O–H groups in total. The molecule has 0 unspecified atom stereocenters. The molecule has 1 aliphatic rings. The third kappa shape index (κ3) is 5.90. The molecule has 1 saturated heterocycles. The van der Waals surface area contributed by atoms with Crippen LogP contribution in [-0.4, -0.2) is 20.3 Å². The van der Waals surface area contributed by atoms with Crippen molar-refractivity contribution in [1.29, 1.82) is 0 Å². The molecule has 2 aromatic carbocycles. The summed E-state index contributed by atoms with van der Waals surface area (Å²) >= 11 is 18.3. The van der Waals surface area contributed by atoms with Crippen LogP contribution in [0.25, 0.3) is 11.1 Å². The SMILES string of the molecule is CCCCCCCC1COB(c2ccc(-c3cc(Cl)c(Cl)c(Cl)c3)cc2)OC1. The van der Waals surface area contributed by atoms with Gasteiger partial charge >= 0.3 is 7.12 Å². The van der Waals surface area contributed by atoms with Crippen LogP contribution in [0.3, 0.4) is 0 Å². The number of halogens is 3. The van der Waals surface area contributed by atoms with Crippen molar-refractivity contribution in [3.8, 4) is 11.1 Å². The van der Waals surface area contributed by atoms with Gasteiger partial charge in [0.05, 0.1) is 15.1 Å². The van der Waals surface area contributed by atoms with E-state index >= 15 is 0 Å². The molecule has 0 radical (unpaired) electrons. The maximum Gasteiger partial charge on any atom is 0.493 e. The quantitative estimate of drug-likeness (QED) is 0.250. The lowest BCUT2D eigenvalue weighted by Crippen LogP contribution is -2.44. The molecule has 2 aromatic rings. The number of rotatable bonds is 8. The van der Waals surface area contributed by atoms with Gasteiger partial charge in [-0.15, -0.1) is 0 Å². The third-order valence-corrected chi connectivity index (χ3v) is 6.38. The summed E-state index contributed by atoms with van der Waals surface area (Å²) in [6.45, 7) is 3.78. The molecule has 0 bridgehead atoms. The van der Waals surface area contributed by atoms with Crippen molar-refractivity contribution in [2.75, 3.05) is 13.2 Å². The normalized spacial score (nSPS) is 15.2. The minimum absolute atomic E-state index is 0.289. The molecule has 6 heteroatoms. The Balaban J connectivity index is 1.52. The summed E-state index contributed by atoms with van der Waals surface area (Å²) in [5.74, 6) is 0.510. The zero-order valence-electron chi connectivity index (χ0n) is 16.2. The van der Waals surface area contributed by atoms with Crippen molar-refractivity contribution >= 4 is 47.4 Å². The van der Waals surface area contributed by atoms with E-state index in [4.69, 9.17) is 44.1 Å². The molecule has 0 amide bonds. The van der Waals surface area contributed by atoms with E-state index in [9.17, 15) is 0 Å². The fourth-order valence-corrected chi connectivity index (χ4v) is 4.09. The van der Waals surface area contributed by atoms with E-state index < -0.39 is 0 Å². The van der Waals surface area contributed by atoms with E-state index in [2.05, 4.69) is 6.92 Å². The molecule has 2 nitrogen and oxygen atoms in total. The van der Waals surface area contributed by atoms with E-state index in [1.54, 1.807) is 0 Å². The van der Waals surface area contributed by atoms with Crippen LogP contribution in [0, 0.1) is 5.92 Å². The average Bonchev–Trinajstić information content (AvgIpc) is 2.72. The van der Waals surface area contributed by atoms with Gasteiger partial charge < -0.3 is 9.31 Å². The lowest BCUT2D eigenvalue weighted by molar-refractivity contribution is 0.0810. The van der Waals surface area contributed by atoms with E-state index in [1.807, 2.05) is 36.4 Å². The minimum atomic E-state index is -0.289. The van der Waals surface area contributed by atoms with Gasteiger partial charge in [0, 0.05) is 19.1 Å². The van der Waals surface area contributed by atoms with Gasteiger partial charge in [-0.25, -0.2) is 0 Å². The van der Waals surface area contributed by atoms with E-state index in [0.717, 1.165) is 29.8 Å². The lowest BCUT2D eigenvalue weighted by atomic mass is 9.76. The lowest BCUT2D eigenvalue weighted by Gasteiger charge is -2.27. The number of unbranched alkanes of at least 4 members (excludes halogenated alkanes) is 4. The van der Waals surface area contributed by atoms with E-state index in [0.29, 0.717) is 21.0 Å². The predicted molar refractivity (Wildman–Crippen MR) is 121 cm³/mol. The summed E-state index contributed by atoms with van der Waals surface area (Å²) in [5, 5.41) is 1.29. The zero-order chi connectivity index (χ0) is 19.9. The van der Waals surface area contributed by atoms with Crippen LogP contribution >= 0.6 is 34.8 Å². The first-order valence-corrected chi connectivity index (χ1v) is 11.2. The predicted octanol–water partition coefficient (Wildman–Crippen LogP) is 7.03. The Kier molecular flexibility index (Phi) is 8.56. The van der Waals surface area contributed by atoms with Gasteiger partial charge in [0.1, 0.15) is 0 Å². The summed E-state index contributed by atoms with van der Waals surface area (Å²) in [5.41, 5.74) is 2.97. The Morgan fingerprint density at radius 2 is 1.46 bits per heavy atom. The summed E-state index contributed by atoms with van der Waals surface area (Å²) in [6.07, 6.45) is 7.73. The first-order chi connectivity index (χ1) is 13.6. The molecular formula is C22H26BCl3O2. The maximum atomic E-state index is 6.14. The highest BCUT2D eigenvalue weighted by Gasteiger charge is 2.28. The highest BCUT2D eigenvalue weighted by molar-refractivity contribution is 6.61. The fraction of sp³-hybridized carbons (Fsp3) is 0.455. The second-order valence-electron chi connectivity index (χ2n) is 7.44. The molecular weight excluding hydrogens is 413 g/mol. The molecule has 0 spiro atoms. The summed E-state index contributed by atoms with van der Waals surface area (Å²) in [4.78, 5) is 0. The van der Waals surface area contributed by atoms with Gasteiger partial charge in [-0.1, -0.05) is 98.1 Å². The van der Waals surface area contributed by atoms with Gasteiger partial charge in [0.15, 0.2) is 0 Å². The summed E-state index contributed by atoms with van der Waals surface area (Å²) < 4.78 is 11.9. The Hall–Kier alpha value is -0.705. The Bertz CT molecular complexity index is 736. The zero-order valence-corrected chi connectivity index (χ0v) is 18.5. The highest BCUT2D eigenvalue weighted by atomic mass is 35.5. The molecule has 0 atom stereocenters. The van der Waals surface area contributed by atoms with Crippen LogP contribution in [0.4, 0.5) is 0 Å². The van der Waals surface area contributed by atoms with Crippen LogP contribution in [-0.2, 0) is 9.31 Å². The van der Waals surface area contributed by atoms with Crippen LogP contribution in [0.2, 0.25) is 15.1 Å². The molecule has 0 saturated carbocycles. The van der Waals surface area contributed by atoms with Crippen LogP contribution in [0.15, 0.2) is 36.4 Å². The summed E-state index contributed by atoms with van der Waals surface area (Å²) in [6, 6.07) is 11.8. The Labute approximate surface area is 183 Å². The third-order valence-electron chi connectivity index (χ3n) is 5.18. The number of benzene rings is 2. The topological polar surface area (TPSA) is 18.5 Å². The second kappa shape index (κ2) is 10.9. The van der Waals surface area contributed by atoms with Crippen LogP contribution in [0.5, 0.6) is 0 Å². The molecule has 3 rings (SSSR count). The molecule has 150 valence electrons. The van der Waals surface area contributed by atoms with Crippen molar-refractivity contribution < 1.29 is 9.31 Å². The second-order valence-corrected chi connectivity index (χ2v) is 8.64. The molecule has 0 aliphatic carbocycles. The molecule has 0 aromatic heterocycles. The fourth-order valence-electron chi connectivity index (χ4n) is 3.49. The van der Waals surface area contributed by atoms with Crippen molar-refractivity contribution in [2.24, 2.45) is 5.92 Å². The molecule has 28 heavy (non-hydrogen) atoms. The standard InChI is InChI=1S/C22H26BCl3O2/c1-2-3-4-5-6-7-16-14-27-23(28-15-16)19-10-8-17(9-11-19)18-12-20(24)22(26)21(25)13-18/h8-13,16H,2-7,14-15H2,1H3. The Morgan fingerprint density at radius 3 is 2.07 bits per heavy atom.